The first-order chi connectivity index (χ1) is 22.9. The van der Waals surface area contributed by atoms with E-state index in [1.807, 2.05) is 48.5 Å². The second-order valence-corrected chi connectivity index (χ2v) is 11.7. The number of nitrogens with one attached hydrogen (secondary N) is 2. The minimum atomic E-state index is -0.652. The molecule has 1 saturated heterocycles. The van der Waals surface area contributed by atoms with Crippen LogP contribution in [0.15, 0.2) is 109 Å². The van der Waals surface area contributed by atoms with Crippen LogP contribution in [0, 0.1) is 5.92 Å². The molecule has 0 saturated carbocycles. The van der Waals surface area contributed by atoms with Gasteiger partial charge in [-0.1, -0.05) is 104 Å². The molecule has 2 amide bonds. The molecular weight excluding hydrogens is 594 g/mol. The van der Waals surface area contributed by atoms with Crippen molar-refractivity contribution in [3.05, 3.63) is 137 Å². The van der Waals surface area contributed by atoms with Gasteiger partial charge in [0.2, 0.25) is 0 Å². The number of esters is 1. The standard InChI is InChI=1S/C38H43N3O6/c1-3-45-35(43)22-39-38(44)40-33-20-18-32(19-21-33)37-46-34(27(2)36(47-37)31-16-14-30(26-42)15-17-31)25-41(23-28-10-6-4-7-11-28)24-29-12-8-5-9-13-29/h4-21,27,34,36-37,42H,3,22-26H2,1-2H3,(H2,39,40,44)/t27-,34+,36+,37+/m0/s1. The van der Waals surface area contributed by atoms with Gasteiger partial charge in [-0.05, 0) is 41.3 Å². The van der Waals surface area contributed by atoms with Gasteiger partial charge in [0, 0.05) is 36.8 Å². The molecule has 4 aromatic rings. The van der Waals surface area contributed by atoms with E-state index in [0.717, 1.165) is 29.8 Å². The monoisotopic (exact) mass is 637 g/mol. The Kier molecular flexibility index (Phi) is 12.1. The van der Waals surface area contributed by atoms with Gasteiger partial charge in [0.05, 0.1) is 25.4 Å². The van der Waals surface area contributed by atoms with Crippen LogP contribution >= 0.6 is 0 Å². The molecule has 1 heterocycles. The third kappa shape index (κ3) is 9.73. The Morgan fingerprint density at radius 1 is 0.787 bits per heavy atom. The van der Waals surface area contributed by atoms with Gasteiger partial charge in [-0.15, -0.1) is 0 Å². The molecule has 0 unspecified atom stereocenters. The molecule has 9 heteroatoms. The lowest BCUT2D eigenvalue weighted by Crippen LogP contribution is -2.44. The van der Waals surface area contributed by atoms with Crippen molar-refractivity contribution < 1.29 is 28.9 Å². The first-order valence-corrected chi connectivity index (χ1v) is 16.0. The normalized spacial score (nSPS) is 19.2. The number of hydrogen-bond acceptors (Lipinski definition) is 7. The molecule has 246 valence electrons. The van der Waals surface area contributed by atoms with E-state index in [9.17, 15) is 14.7 Å². The van der Waals surface area contributed by atoms with Crippen molar-refractivity contribution in [2.24, 2.45) is 5.92 Å². The van der Waals surface area contributed by atoms with Crippen molar-refractivity contribution in [2.45, 2.75) is 52.0 Å². The summed E-state index contributed by atoms with van der Waals surface area (Å²) in [5.74, 6) is -0.482. The summed E-state index contributed by atoms with van der Waals surface area (Å²) in [7, 11) is 0. The lowest BCUT2D eigenvalue weighted by atomic mass is 9.89. The van der Waals surface area contributed by atoms with E-state index in [-0.39, 0.29) is 37.9 Å². The fraction of sp³-hybridized carbons (Fsp3) is 0.316. The zero-order chi connectivity index (χ0) is 33.0. The Hall–Kier alpha value is -4.54. The Morgan fingerprint density at radius 3 is 1.96 bits per heavy atom. The Labute approximate surface area is 276 Å². The lowest BCUT2D eigenvalue weighted by Gasteiger charge is -2.43. The van der Waals surface area contributed by atoms with Crippen LogP contribution in [0.1, 0.15) is 54.1 Å². The van der Waals surface area contributed by atoms with Gasteiger partial charge in [0.25, 0.3) is 0 Å². The highest BCUT2D eigenvalue weighted by Crippen LogP contribution is 2.42. The smallest absolute Gasteiger partial charge is 0.325 e. The summed E-state index contributed by atoms with van der Waals surface area (Å²) >= 11 is 0. The van der Waals surface area contributed by atoms with Crippen LogP contribution in [0.4, 0.5) is 10.5 Å². The van der Waals surface area contributed by atoms with E-state index in [4.69, 9.17) is 14.2 Å². The number of nitrogens with zero attached hydrogens (tertiary/aromatic N) is 1. The van der Waals surface area contributed by atoms with E-state index < -0.39 is 18.3 Å². The number of urea groups is 1. The van der Waals surface area contributed by atoms with Crippen molar-refractivity contribution >= 4 is 17.7 Å². The predicted molar refractivity (Wildman–Crippen MR) is 180 cm³/mol. The molecule has 1 fully saturated rings. The molecule has 3 N–H and O–H groups in total. The van der Waals surface area contributed by atoms with Crippen LogP contribution in [0.2, 0.25) is 0 Å². The third-order valence-electron chi connectivity index (χ3n) is 8.20. The topological polar surface area (TPSA) is 109 Å². The molecule has 9 nitrogen and oxygen atoms in total. The Bertz CT molecular complexity index is 1510. The van der Waals surface area contributed by atoms with E-state index in [2.05, 4.69) is 71.0 Å². The number of hydrogen-bond donors (Lipinski definition) is 3. The van der Waals surface area contributed by atoms with Crippen LogP contribution in [0.25, 0.3) is 0 Å². The minimum Gasteiger partial charge on any atom is -0.465 e. The van der Waals surface area contributed by atoms with Gasteiger partial charge in [0.15, 0.2) is 6.29 Å². The summed E-state index contributed by atoms with van der Waals surface area (Å²) in [4.78, 5) is 26.3. The molecule has 0 bridgehead atoms. The SMILES string of the molecule is CCOC(=O)CNC(=O)Nc1ccc([C@@H]2O[C@H](CN(Cc3ccccc3)Cc3ccccc3)[C@H](C)[C@H](c3ccc(CO)cc3)O2)cc1. The molecule has 0 aromatic heterocycles. The van der Waals surface area contributed by atoms with Crippen LogP contribution in [-0.2, 0) is 38.7 Å². The van der Waals surface area contributed by atoms with E-state index in [0.29, 0.717) is 12.2 Å². The summed E-state index contributed by atoms with van der Waals surface area (Å²) in [5, 5.41) is 14.8. The number of benzene rings is 4. The first kappa shape index (κ1) is 33.8. The van der Waals surface area contributed by atoms with Crippen molar-refractivity contribution in [3.63, 3.8) is 0 Å². The highest BCUT2D eigenvalue weighted by atomic mass is 16.7. The van der Waals surface area contributed by atoms with Crippen molar-refractivity contribution in [1.82, 2.24) is 10.2 Å². The second-order valence-electron chi connectivity index (χ2n) is 11.7. The maximum Gasteiger partial charge on any atom is 0.325 e. The average Bonchev–Trinajstić information content (AvgIpc) is 3.10. The summed E-state index contributed by atoms with van der Waals surface area (Å²) in [5.41, 5.74) is 5.68. The van der Waals surface area contributed by atoms with Crippen LogP contribution < -0.4 is 10.6 Å². The third-order valence-corrected chi connectivity index (χ3v) is 8.20. The molecule has 0 aliphatic carbocycles. The lowest BCUT2D eigenvalue weighted by molar-refractivity contribution is -0.276. The van der Waals surface area contributed by atoms with Crippen molar-refractivity contribution in [3.8, 4) is 0 Å². The number of carbonyl (C=O) groups is 2. The molecular formula is C38H43N3O6. The fourth-order valence-corrected chi connectivity index (χ4v) is 5.71. The Balaban J connectivity index is 1.36. The summed E-state index contributed by atoms with van der Waals surface area (Å²) in [6, 6.07) is 35.6. The number of anilines is 1. The number of amides is 2. The van der Waals surface area contributed by atoms with Gasteiger partial charge in [-0.3, -0.25) is 9.69 Å². The number of aliphatic hydroxyl groups excluding tert-OH is 1. The molecule has 4 aromatic carbocycles. The molecule has 1 aliphatic heterocycles. The summed E-state index contributed by atoms with van der Waals surface area (Å²) in [6.07, 6.45) is -1.08. The number of carbonyl (C=O) groups excluding carboxylic acids is 2. The van der Waals surface area contributed by atoms with Crippen LogP contribution in [0.5, 0.6) is 0 Å². The maximum atomic E-state index is 12.3. The second kappa shape index (κ2) is 16.9. The van der Waals surface area contributed by atoms with Crippen LogP contribution in [-0.4, -0.2) is 47.8 Å². The molecule has 5 rings (SSSR count). The molecule has 1 aliphatic rings. The highest BCUT2D eigenvalue weighted by molar-refractivity contribution is 5.91. The maximum absolute atomic E-state index is 12.3. The van der Waals surface area contributed by atoms with Gasteiger partial charge < -0.3 is 30.0 Å². The van der Waals surface area contributed by atoms with Gasteiger partial charge in [0.1, 0.15) is 6.54 Å². The molecule has 0 spiro atoms. The molecule has 4 atom stereocenters. The zero-order valence-electron chi connectivity index (χ0n) is 26.9. The van der Waals surface area contributed by atoms with E-state index >= 15 is 0 Å². The fourth-order valence-electron chi connectivity index (χ4n) is 5.71. The number of rotatable bonds is 13. The summed E-state index contributed by atoms with van der Waals surface area (Å²) in [6.45, 7) is 6.10. The minimum absolute atomic E-state index is 0.0179. The largest absolute Gasteiger partial charge is 0.465 e. The van der Waals surface area contributed by atoms with Crippen molar-refractivity contribution in [1.29, 1.82) is 0 Å². The number of ether oxygens (including phenoxy) is 3. The quantitative estimate of drug-likeness (QED) is 0.147. The van der Waals surface area contributed by atoms with Gasteiger partial charge >= 0.3 is 12.0 Å². The predicted octanol–water partition coefficient (Wildman–Crippen LogP) is 6.36. The van der Waals surface area contributed by atoms with Gasteiger partial charge in [-0.2, -0.15) is 0 Å². The Morgan fingerprint density at radius 2 is 1.38 bits per heavy atom. The molecule has 47 heavy (non-hydrogen) atoms. The summed E-state index contributed by atoms with van der Waals surface area (Å²) < 4.78 is 18.2. The van der Waals surface area contributed by atoms with E-state index in [1.54, 1.807) is 19.1 Å². The number of aliphatic hydroxyl groups is 1. The van der Waals surface area contributed by atoms with E-state index in [1.165, 1.54) is 11.1 Å². The van der Waals surface area contributed by atoms with Crippen LogP contribution in [0.3, 0.4) is 0 Å². The molecule has 0 radical (unpaired) electrons. The average molecular weight is 638 g/mol. The van der Waals surface area contributed by atoms with Gasteiger partial charge in [-0.25, -0.2) is 4.79 Å². The first-order valence-electron chi connectivity index (χ1n) is 16.0. The zero-order valence-corrected chi connectivity index (χ0v) is 26.9. The van der Waals surface area contributed by atoms with Crippen molar-refractivity contribution in [2.75, 3.05) is 25.0 Å². The highest BCUT2D eigenvalue weighted by Gasteiger charge is 2.39.